The van der Waals surface area contributed by atoms with E-state index in [0.717, 1.165) is 23.9 Å². The van der Waals surface area contributed by atoms with Gasteiger partial charge in [0.05, 0.1) is 0 Å². The van der Waals surface area contributed by atoms with Crippen LogP contribution in [0, 0.1) is 11.8 Å². The van der Waals surface area contributed by atoms with Crippen LogP contribution in [0.15, 0.2) is 0 Å². The molecule has 1 unspecified atom stereocenters. The molecule has 0 aliphatic heterocycles. The van der Waals surface area contributed by atoms with Crippen molar-refractivity contribution in [3.8, 4) is 0 Å². The summed E-state index contributed by atoms with van der Waals surface area (Å²) < 4.78 is 0. The normalized spacial score (nSPS) is 30.7. The second kappa shape index (κ2) is 6.91. The highest BCUT2D eigenvalue weighted by molar-refractivity contribution is 4.89. The fourth-order valence-electron chi connectivity index (χ4n) is 3.35. The van der Waals surface area contributed by atoms with Crippen LogP contribution in [0.1, 0.15) is 58.8 Å². The van der Waals surface area contributed by atoms with Crippen LogP contribution < -0.4 is 5.32 Å². The summed E-state index contributed by atoms with van der Waals surface area (Å²) in [5.74, 6) is 1.94. The van der Waals surface area contributed by atoms with Gasteiger partial charge in [0.15, 0.2) is 0 Å². The van der Waals surface area contributed by atoms with E-state index >= 15 is 0 Å². The second-order valence-electron chi connectivity index (χ2n) is 6.75. The van der Waals surface area contributed by atoms with Gasteiger partial charge in [-0.25, -0.2) is 0 Å². The van der Waals surface area contributed by atoms with Crippen molar-refractivity contribution >= 4 is 0 Å². The Bertz CT molecular complexity index is 229. The molecule has 0 aromatic rings. The Hall–Kier alpha value is -0.0800. The lowest BCUT2D eigenvalue weighted by molar-refractivity contribution is 0.152. The van der Waals surface area contributed by atoms with Gasteiger partial charge in [-0.05, 0) is 70.4 Å². The lowest BCUT2D eigenvalue weighted by Gasteiger charge is -2.36. The maximum atomic E-state index is 3.77. The van der Waals surface area contributed by atoms with Crippen molar-refractivity contribution in [2.45, 2.75) is 70.9 Å². The number of nitrogens with one attached hydrogen (secondary N) is 1. The summed E-state index contributed by atoms with van der Waals surface area (Å²) in [7, 11) is 2.35. The van der Waals surface area contributed by atoms with Crippen LogP contribution in [0.2, 0.25) is 0 Å². The zero-order valence-electron chi connectivity index (χ0n) is 12.6. The first-order valence-corrected chi connectivity index (χ1v) is 8.14. The summed E-state index contributed by atoms with van der Waals surface area (Å²) in [6.45, 7) is 7.13. The average Bonchev–Trinajstić information content (AvgIpc) is 3.19. The van der Waals surface area contributed by atoms with E-state index in [1.807, 2.05) is 0 Å². The first-order valence-electron chi connectivity index (χ1n) is 8.14. The topological polar surface area (TPSA) is 15.3 Å². The monoisotopic (exact) mass is 252 g/mol. The molecule has 2 nitrogen and oxygen atoms in total. The van der Waals surface area contributed by atoms with Gasteiger partial charge in [0, 0.05) is 18.6 Å². The van der Waals surface area contributed by atoms with E-state index in [9.17, 15) is 0 Å². The minimum atomic E-state index is 0.759. The first-order chi connectivity index (χ1) is 8.70. The molecule has 0 radical (unpaired) electrons. The Morgan fingerprint density at radius 2 is 1.78 bits per heavy atom. The molecule has 18 heavy (non-hydrogen) atoms. The zero-order valence-corrected chi connectivity index (χ0v) is 12.6. The maximum absolute atomic E-state index is 3.77. The van der Waals surface area contributed by atoms with Crippen molar-refractivity contribution < 1.29 is 0 Å². The Morgan fingerprint density at radius 1 is 1.11 bits per heavy atom. The smallest absolute Gasteiger partial charge is 0.0223 e. The average molecular weight is 252 g/mol. The Balaban J connectivity index is 1.75. The third-order valence-corrected chi connectivity index (χ3v) is 4.94. The van der Waals surface area contributed by atoms with Gasteiger partial charge in [-0.15, -0.1) is 0 Å². The first kappa shape index (κ1) is 14.3. The van der Waals surface area contributed by atoms with Crippen LogP contribution >= 0.6 is 0 Å². The summed E-state index contributed by atoms with van der Waals surface area (Å²) in [4.78, 5) is 2.65. The molecule has 2 aliphatic rings. The lowest BCUT2D eigenvalue weighted by Crippen LogP contribution is -2.45. The molecule has 0 amide bonds. The molecule has 2 heteroatoms. The van der Waals surface area contributed by atoms with Crippen LogP contribution in [-0.4, -0.2) is 37.1 Å². The summed E-state index contributed by atoms with van der Waals surface area (Å²) >= 11 is 0. The van der Waals surface area contributed by atoms with Crippen LogP contribution in [-0.2, 0) is 0 Å². The van der Waals surface area contributed by atoms with Crippen LogP contribution in [0.3, 0.4) is 0 Å². The molecule has 2 rings (SSSR count). The van der Waals surface area contributed by atoms with Gasteiger partial charge in [-0.1, -0.05) is 13.8 Å². The molecule has 0 spiro atoms. The summed E-state index contributed by atoms with van der Waals surface area (Å²) in [6.07, 6.45) is 9.88. The zero-order chi connectivity index (χ0) is 13.0. The molecule has 1 atom stereocenters. The van der Waals surface area contributed by atoms with E-state index in [4.69, 9.17) is 0 Å². The quantitative estimate of drug-likeness (QED) is 0.748. The van der Waals surface area contributed by atoms with Crippen LogP contribution in [0.4, 0.5) is 0 Å². The minimum Gasteiger partial charge on any atom is -0.312 e. The fourth-order valence-corrected chi connectivity index (χ4v) is 3.35. The van der Waals surface area contributed by atoms with Crippen molar-refractivity contribution in [2.75, 3.05) is 20.1 Å². The number of likely N-dealkylation sites (N-methyl/N-ethyl adjacent to an activating group) is 1. The summed E-state index contributed by atoms with van der Waals surface area (Å²) in [5, 5.41) is 3.77. The van der Waals surface area contributed by atoms with E-state index in [1.165, 1.54) is 58.0 Å². The fraction of sp³-hybridized carbons (Fsp3) is 1.00. The number of nitrogens with zero attached hydrogens (tertiary/aromatic N) is 1. The van der Waals surface area contributed by atoms with Gasteiger partial charge in [0.25, 0.3) is 0 Å². The van der Waals surface area contributed by atoms with Gasteiger partial charge in [-0.3, -0.25) is 0 Å². The van der Waals surface area contributed by atoms with E-state index in [0.29, 0.717) is 0 Å². The van der Waals surface area contributed by atoms with E-state index < -0.39 is 0 Å². The molecule has 0 heterocycles. The van der Waals surface area contributed by atoms with Gasteiger partial charge in [0.2, 0.25) is 0 Å². The third kappa shape index (κ3) is 4.24. The van der Waals surface area contributed by atoms with Crippen molar-refractivity contribution in [2.24, 2.45) is 11.8 Å². The summed E-state index contributed by atoms with van der Waals surface area (Å²) in [6, 6.07) is 1.61. The predicted octanol–water partition coefficient (Wildman–Crippen LogP) is 3.28. The maximum Gasteiger partial charge on any atom is 0.0223 e. The molecule has 0 aromatic heterocycles. The van der Waals surface area contributed by atoms with Crippen molar-refractivity contribution in [3.05, 3.63) is 0 Å². The Morgan fingerprint density at radius 3 is 2.33 bits per heavy atom. The molecule has 1 N–H and O–H groups in total. The van der Waals surface area contributed by atoms with Crippen molar-refractivity contribution in [3.63, 3.8) is 0 Å². The summed E-state index contributed by atoms with van der Waals surface area (Å²) in [5.41, 5.74) is 0. The predicted molar refractivity (Wildman–Crippen MR) is 78.9 cm³/mol. The highest BCUT2D eigenvalue weighted by atomic mass is 15.2. The Labute approximate surface area is 114 Å². The third-order valence-electron chi connectivity index (χ3n) is 4.94. The minimum absolute atomic E-state index is 0.759. The molecule has 0 saturated heterocycles. The van der Waals surface area contributed by atoms with E-state index in [1.54, 1.807) is 0 Å². The lowest BCUT2D eigenvalue weighted by atomic mass is 9.86. The second-order valence-corrected chi connectivity index (χ2v) is 6.75. The van der Waals surface area contributed by atoms with Crippen LogP contribution in [0.25, 0.3) is 0 Å². The standard InChI is InChI=1S/C16H32N2/c1-4-11-17-16(14-7-8-14)12-18(3)15-9-5-13(2)6-10-15/h13-17H,4-12H2,1-3H3. The van der Waals surface area contributed by atoms with E-state index in [-0.39, 0.29) is 0 Å². The molecule has 0 aromatic carbocycles. The van der Waals surface area contributed by atoms with Gasteiger partial charge < -0.3 is 10.2 Å². The Kier molecular flexibility index (Phi) is 5.50. The molecule has 2 fully saturated rings. The van der Waals surface area contributed by atoms with Gasteiger partial charge in [-0.2, -0.15) is 0 Å². The van der Waals surface area contributed by atoms with Gasteiger partial charge >= 0.3 is 0 Å². The highest BCUT2D eigenvalue weighted by Gasteiger charge is 2.32. The molecule has 2 saturated carbocycles. The van der Waals surface area contributed by atoms with Crippen LogP contribution in [0.5, 0.6) is 0 Å². The molecular formula is C16H32N2. The number of hydrogen-bond donors (Lipinski definition) is 1. The van der Waals surface area contributed by atoms with Gasteiger partial charge in [0.1, 0.15) is 0 Å². The molecule has 0 bridgehead atoms. The SMILES string of the molecule is CCCNC(CN(C)C1CCC(C)CC1)C1CC1. The van der Waals surface area contributed by atoms with Crippen molar-refractivity contribution in [1.29, 1.82) is 0 Å². The molecule has 106 valence electrons. The van der Waals surface area contributed by atoms with E-state index in [2.05, 4.69) is 31.1 Å². The molecule has 2 aliphatic carbocycles. The largest absolute Gasteiger partial charge is 0.312 e. The molecular weight excluding hydrogens is 220 g/mol. The number of hydrogen-bond acceptors (Lipinski definition) is 2. The highest BCUT2D eigenvalue weighted by Crippen LogP contribution is 2.34. The van der Waals surface area contributed by atoms with Crippen molar-refractivity contribution in [1.82, 2.24) is 10.2 Å². The number of rotatable bonds is 7.